The SMILES string of the molecule is Cc1ccc(C(=O)CCC(=O)OCc2nc(-c3ccccc3Cl)no2)s1. The summed E-state index contributed by atoms with van der Waals surface area (Å²) in [5.41, 5.74) is 0.632. The number of ether oxygens (including phenoxy) is 1. The lowest BCUT2D eigenvalue weighted by Crippen LogP contribution is -2.07. The molecule has 0 aliphatic carbocycles. The number of hydrogen-bond donors (Lipinski definition) is 0. The van der Waals surface area contributed by atoms with Crippen LogP contribution in [0.1, 0.15) is 33.3 Å². The molecule has 0 bridgehead atoms. The van der Waals surface area contributed by atoms with Crippen LogP contribution in [0, 0.1) is 6.92 Å². The third-order valence-electron chi connectivity index (χ3n) is 3.51. The van der Waals surface area contributed by atoms with E-state index >= 15 is 0 Å². The number of ketones is 1. The number of Topliss-reactive ketones (excluding diaryl/α,β-unsaturated/α-hetero) is 1. The normalized spacial score (nSPS) is 10.7. The molecule has 2 aromatic heterocycles. The Hall–Kier alpha value is -2.51. The van der Waals surface area contributed by atoms with Gasteiger partial charge in [0.1, 0.15) is 0 Å². The highest BCUT2D eigenvalue weighted by Gasteiger charge is 2.15. The van der Waals surface area contributed by atoms with Crippen molar-refractivity contribution in [2.24, 2.45) is 0 Å². The lowest BCUT2D eigenvalue weighted by atomic mass is 10.2. The summed E-state index contributed by atoms with van der Waals surface area (Å²) in [6.45, 7) is 1.78. The van der Waals surface area contributed by atoms with Crippen LogP contribution >= 0.6 is 22.9 Å². The highest BCUT2D eigenvalue weighted by molar-refractivity contribution is 7.14. The van der Waals surface area contributed by atoms with Crippen molar-refractivity contribution < 1.29 is 18.8 Å². The number of aromatic nitrogens is 2. The second-order valence-corrected chi connectivity index (χ2v) is 7.18. The molecule has 0 aliphatic heterocycles. The van der Waals surface area contributed by atoms with Crippen molar-refractivity contribution >= 4 is 34.7 Å². The van der Waals surface area contributed by atoms with Crippen molar-refractivity contribution in [3.63, 3.8) is 0 Å². The molecule has 0 radical (unpaired) electrons. The Kier molecular flexibility index (Phi) is 5.80. The molecule has 26 heavy (non-hydrogen) atoms. The van der Waals surface area contributed by atoms with Crippen molar-refractivity contribution in [1.82, 2.24) is 10.1 Å². The Morgan fingerprint density at radius 1 is 1.19 bits per heavy atom. The highest BCUT2D eigenvalue weighted by Crippen LogP contribution is 2.25. The Balaban J connectivity index is 1.49. The first-order valence-corrected chi connectivity index (χ1v) is 9.05. The van der Waals surface area contributed by atoms with Crippen molar-refractivity contribution in [1.29, 1.82) is 0 Å². The van der Waals surface area contributed by atoms with Gasteiger partial charge < -0.3 is 9.26 Å². The van der Waals surface area contributed by atoms with E-state index in [1.54, 1.807) is 24.3 Å². The number of nitrogens with zero attached hydrogens (tertiary/aromatic N) is 2. The summed E-state index contributed by atoms with van der Waals surface area (Å²) in [4.78, 5) is 29.6. The van der Waals surface area contributed by atoms with Crippen LogP contribution in [0.5, 0.6) is 0 Å². The van der Waals surface area contributed by atoms with Gasteiger partial charge in [-0.25, -0.2) is 0 Å². The van der Waals surface area contributed by atoms with E-state index in [9.17, 15) is 9.59 Å². The van der Waals surface area contributed by atoms with Gasteiger partial charge in [0.25, 0.3) is 5.89 Å². The minimum Gasteiger partial charge on any atom is -0.456 e. The van der Waals surface area contributed by atoms with Crippen molar-refractivity contribution in [3.8, 4) is 11.4 Å². The number of carbonyl (C=O) groups is 2. The predicted octanol–water partition coefficient (Wildman–Crippen LogP) is 4.47. The standard InChI is InChI=1S/C18H15ClN2O4S/c1-11-6-8-15(26-11)14(22)7-9-17(23)24-10-16-20-18(21-25-16)12-4-2-3-5-13(12)19/h2-6,8H,7,9-10H2,1H3. The van der Waals surface area contributed by atoms with Gasteiger partial charge in [-0.05, 0) is 31.2 Å². The summed E-state index contributed by atoms with van der Waals surface area (Å²) < 4.78 is 10.1. The zero-order valence-corrected chi connectivity index (χ0v) is 15.5. The van der Waals surface area contributed by atoms with Gasteiger partial charge in [0.15, 0.2) is 12.4 Å². The molecule has 6 nitrogen and oxygen atoms in total. The molecular weight excluding hydrogens is 376 g/mol. The van der Waals surface area contributed by atoms with E-state index in [1.807, 2.05) is 19.1 Å². The Morgan fingerprint density at radius 3 is 2.73 bits per heavy atom. The number of rotatable bonds is 7. The zero-order chi connectivity index (χ0) is 18.5. The van der Waals surface area contributed by atoms with Crippen molar-refractivity contribution in [3.05, 3.63) is 57.1 Å². The second-order valence-electron chi connectivity index (χ2n) is 5.49. The lowest BCUT2D eigenvalue weighted by Gasteiger charge is -2.01. The summed E-state index contributed by atoms with van der Waals surface area (Å²) in [5.74, 6) is -0.0821. The van der Waals surface area contributed by atoms with E-state index in [-0.39, 0.29) is 31.1 Å². The minimum absolute atomic E-state index is 0.00128. The predicted molar refractivity (Wildman–Crippen MR) is 97.2 cm³/mol. The number of esters is 1. The number of benzene rings is 1. The Labute approximate surface area is 158 Å². The molecule has 134 valence electrons. The largest absolute Gasteiger partial charge is 0.456 e. The zero-order valence-electron chi connectivity index (χ0n) is 13.9. The van der Waals surface area contributed by atoms with Crippen molar-refractivity contribution in [2.75, 3.05) is 0 Å². The number of thiophene rings is 1. The number of halogens is 1. The summed E-state index contributed by atoms with van der Waals surface area (Å²) in [5, 5.41) is 4.33. The number of carbonyl (C=O) groups excluding carboxylic acids is 2. The molecule has 0 N–H and O–H groups in total. The molecule has 8 heteroatoms. The highest BCUT2D eigenvalue weighted by atomic mass is 35.5. The van der Waals surface area contributed by atoms with Gasteiger partial charge >= 0.3 is 5.97 Å². The molecule has 1 aromatic carbocycles. The number of aryl methyl sites for hydroxylation is 1. The second kappa shape index (κ2) is 8.25. The van der Waals surface area contributed by atoms with Crippen molar-refractivity contribution in [2.45, 2.75) is 26.4 Å². The topological polar surface area (TPSA) is 82.3 Å². The van der Waals surface area contributed by atoms with Crippen LogP contribution < -0.4 is 0 Å². The maximum Gasteiger partial charge on any atom is 0.306 e. The van der Waals surface area contributed by atoms with Gasteiger partial charge in [0.2, 0.25) is 5.82 Å². The van der Waals surface area contributed by atoms with E-state index in [2.05, 4.69) is 10.1 Å². The summed E-state index contributed by atoms with van der Waals surface area (Å²) >= 11 is 7.49. The third-order valence-corrected chi connectivity index (χ3v) is 4.88. The molecule has 0 amide bonds. The summed E-state index contributed by atoms with van der Waals surface area (Å²) in [7, 11) is 0. The average molecular weight is 391 g/mol. The van der Waals surface area contributed by atoms with Crippen LogP contribution in [0.3, 0.4) is 0 Å². The van der Waals surface area contributed by atoms with Gasteiger partial charge in [-0.1, -0.05) is 28.9 Å². The van der Waals surface area contributed by atoms with Crippen LogP contribution in [0.15, 0.2) is 40.9 Å². The van der Waals surface area contributed by atoms with E-state index in [1.165, 1.54) is 11.3 Å². The van der Waals surface area contributed by atoms with Crippen LogP contribution in [0.25, 0.3) is 11.4 Å². The molecule has 2 heterocycles. The third kappa shape index (κ3) is 4.56. The van der Waals surface area contributed by atoms with Gasteiger partial charge in [-0.3, -0.25) is 9.59 Å². The lowest BCUT2D eigenvalue weighted by molar-refractivity contribution is -0.145. The average Bonchev–Trinajstić information content (AvgIpc) is 3.27. The van der Waals surface area contributed by atoms with E-state index < -0.39 is 5.97 Å². The fraction of sp³-hybridized carbons (Fsp3) is 0.222. The van der Waals surface area contributed by atoms with E-state index in [4.69, 9.17) is 20.9 Å². The molecular formula is C18H15ClN2O4S. The molecule has 0 unspecified atom stereocenters. The minimum atomic E-state index is -0.496. The first-order valence-electron chi connectivity index (χ1n) is 7.85. The first-order chi connectivity index (χ1) is 12.5. The maximum absolute atomic E-state index is 12.0. The summed E-state index contributed by atoms with van der Waals surface area (Å²) in [6, 6.07) is 10.7. The van der Waals surface area contributed by atoms with Gasteiger partial charge in [0.05, 0.1) is 16.3 Å². The fourth-order valence-corrected chi connectivity index (χ4v) is 3.26. The number of hydrogen-bond acceptors (Lipinski definition) is 7. The first kappa shape index (κ1) is 18.3. The maximum atomic E-state index is 12.0. The van der Waals surface area contributed by atoms with Crippen LogP contribution in [-0.4, -0.2) is 21.9 Å². The van der Waals surface area contributed by atoms with Gasteiger partial charge in [-0.2, -0.15) is 4.98 Å². The molecule has 3 rings (SSSR count). The molecule has 0 fully saturated rings. The monoisotopic (exact) mass is 390 g/mol. The molecule has 0 aliphatic rings. The van der Waals surface area contributed by atoms with E-state index in [0.717, 1.165) is 4.88 Å². The Bertz CT molecular complexity index is 935. The van der Waals surface area contributed by atoms with Crippen LogP contribution in [0.4, 0.5) is 0 Å². The quantitative estimate of drug-likeness (QED) is 0.437. The smallest absolute Gasteiger partial charge is 0.306 e. The molecule has 0 atom stereocenters. The van der Waals surface area contributed by atoms with E-state index in [0.29, 0.717) is 21.3 Å². The van der Waals surface area contributed by atoms with Gasteiger partial charge in [0, 0.05) is 16.9 Å². The Morgan fingerprint density at radius 2 is 2.00 bits per heavy atom. The molecule has 3 aromatic rings. The van der Waals surface area contributed by atoms with Crippen LogP contribution in [-0.2, 0) is 16.1 Å². The summed E-state index contributed by atoms with van der Waals surface area (Å²) in [6.07, 6.45) is 0.106. The van der Waals surface area contributed by atoms with Crippen LogP contribution in [0.2, 0.25) is 5.02 Å². The fourth-order valence-electron chi connectivity index (χ4n) is 2.20. The molecule has 0 saturated heterocycles. The molecule has 0 saturated carbocycles. The molecule has 0 spiro atoms. The van der Waals surface area contributed by atoms with Gasteiger partial charge in [-0.15, -0.1) is 11.3 Å².